The van der Waals surface area contributed by atoms with Crippen molar-refractivity contribution in [3.05, 3.63) is 65.5 Å². The third-order valence-electron chi connectivity index (χ3n) is 4.01. The third-order valence-corrected chi connectivity index (χ3v) is 4.01. The van der Waals surface area contributed by atoms with Gasteiger partial charge in [-0.3, -0.25) is 0 Å². The van der Waals surface area contributed by atoms with Crippen LogP contribution in [0.5, 0.6) is 0 Å². The van der Waals surface area contributed by atoms with Gasteiger partial charge in [-0.15, -0.1) is 0 Å². The summed E-state index contributed by atoms with van der Waals surface area (Å²) in [5.41, 5.74) is 8.19. The fraction of sp³-hybridized carbons (Fsp3) is 0.294. The van der Waals surface area contributed by atoms with Crippen LogP contribution < -0.4 is 11.1 Å². The molecule has 1 aliphatic rings. The highest BCUT2D eigenvalue weighted by Crippen LogP contribution is 2.29. The van der Waals surface area contributed by atoms with Crippen LogP contribution in [0.3, 0.4) is 0 Å². The van der Waals surface area contributed by atoms with E-state index in [9.17, 15) is 4.39 Å². The van der Waals surface area contributed by atoms with E-state index >= 15 is 0 Å². The first-order chi connectivity index (χ1) is 9.72. The molecular formula is C17H19FN2. The molecule has 1 heterocycles. The number of halogens is 1. The van der Waals surface area contributed by atoms with Gasteiger partial charge in [-0.25, -0.2) is 4.39 Å². The molecule has 2 nitrogen and oxygen atoms in total. The predicted molar refractivity (Wildman–Crippen MR) is 80.1 cm³/mol. The molecule has 0 aliphatic carbocycles. The Morgan fingerprint density at radius 2 is 1.95 bits per heavy atom. The van der Waals surface area contributed by atoms with E-state index in [-0.39, 0.29) is 11.7 Å². The molecule has 3 heteroatoms. The Hall–Kier alpha value is -1.87. The van der Waals surface area contributed by atoms with Crippen molar-refractivity contribution in [1.82, 2.24) is 5.32 Å². The van der Waals surface area contributed by atoms with Crippen LogP contribution in [0.2, 0.25) is 0 Å². The second-order valence-corrected chi connectivity index (χ2v) is 5.51. The summed E-state index contributed by atoms with van der Waals surface area (Å²) in [4.78, 5) is 0. The first kappa shape index (κ1) is 13.1. The Morgan fingerprint density at radius 1 is 1.15 bits per heavy atom. The molecule has 1 saturated heterocycles. The molecule has 0 amide bonds. The van der Waals surface area contributed by atoms with Crippen LogP contribution in [0.15, 0.2) is 48.5 Å². The van der Waals surface area contributed by atoms with Crippen LogP contribution in [0, 0.1) is 5.82 Å². The molecule has 0 aromatic heterocycles. The summed E-state index contributed by atoms with van der Waals surface area (Å²) < 4.78 is 13.9. The average Bonchev–Trinajstić information content (AvgIpc) is 2.88. The van der Waals surface area contributed by atoms with Gasteiger partial charge in [0.05, 0.1) is 0 Å². The maximum Gasteiger partial charge on any atom is 0.128 e. The fourth-order valence-electron chi connectivity index (χ4n) is 2.98. The summed E-state index contributed by atoms with van der Waals surface area (Å²) in [5.74, 6) is 0.0569. The van der Waals surface area contributed by atoms with Gasteiger partial charge >= 0.3 is 0 Å². The van der Waals surface area contributed by atoms with Gasteiger partial charge < -0.3 is 11.1 Å². The molecule has 2 unspecified atom stereocenters. The van der Waals surface area contributed by atoms with Gasteiger partial charge in [-0.05, 0) is 36.1 Å². The minimum Gasteiger partial charge on any atom is -0.399 e. The molecule has 1 fully saturated rings. The molecule has 2 atom stereocenters. The Kier molecular flexibility index (Phi) is 3.70. The Labute approximate surface area is 118 Å². The van der Waals surface area contributed by atoms with Crippen molar-refractivity contribution in [2.24, 2.45) is 0 Å². The summed E-state index contributed by atoms with van der Waals surface area (Å²) in [7, 11) is 0. The molecule has 3 N–H and O–H groups in total. The Morgan fingerprint density at radius 3 is 2.70 bits per heavy atom. The van der Waals surface area contributed by atoms with Gasteiger partial charge in [-0.1, -0.05) is 36.4 Å². The quantitative estimate of drug-likeness (QED) is 0.841. The number of nitrogens with two attached hydrogens (primary N) is 1. The number of hydrogen-bond acceptors (Lipinski definition) is 2. The zero-order chi connectivity index (χ0) is 13.9. The van der Waals surface area contributed by atoms with Crippen molar-refractivity contribution in [1.29, 1.82) is 0 Å². The van der Waals surface area contributed by atoms with Crippen LogP contribution in [0.4, 0.5) is 10.1 Å². The number of anilines is 1. The van der Waals surface area contributed by atoms with E-state index in [1.165, 1.54) is 11.6 Å². The molecule has 0 radical (unpaired) electrons. The van der Waals surface area contributed by atoms with Gasteiger partial charge in [0.1, 0.15) is 5.82 Å². The first-order valence-electron chi connectivity index (χ1n) is 7.04. The molecule has 20 heavy (non-hydrogen) atoms. The lowest BCUT2D eigenvalue weighted by Crippen LogP contribution is -2.23. The van der Waals surface area contributed by atoms with Crippen LogP contribution in [-0.4, -0.2) is 12.6 Å². The van der Waals surface area contributed by atoms with Gasteiger partial charge in [0.2, 0.25) is 0 Å². The minimum atomic E-state index is -0.183. The third kappa shape index (κ3) is 2.83. The van der Waals surface area contributed by atoms with E-state index in [0.29, 0.717) is 11.7 Å². The number of nitrogen functional groups attached to an aromatic ring is 1. The van der Waals surface area contributed by atoms with E-state index in [2.05, 4.69) is 29.6 Å². The number of benzene rings is 2. The summed E-state index contributed by atoms with van der Waals surface area (Å²) in [6.45, 7) is 0.832. The maximum atomic E-state index is 13.9. The topological polar surface area (TPSA) is 38.0 Å². The molecule has 0 saturated carbocycles. The summed E-state index contributed by atoms with van der Waals surface area (Å²) in [6.07, 6.45) is 1.96. The Balaban J connectivity index is 1.67. The highest BCUT2D eigenvalue weighted by atomic mass is 19.1. The molecule has 0 spiro atoms. The normalized spacial score (nSPS) is 22.1. The number of rotatable bonds is 3. The van der Waals surface area contributed by atoms with E-state index in [4.69, 9.17) is 5.73 Å². The summed E-state index contributed by atoms with van der Waals surface area (Å²) in [5, 5.41) is 3.50. The van der Waals surface area contributed by atoms with E-state index in [1.807, 2.05) is 12.1 Å². The van der Waals surface area contributed by atoms with Gasteiger partial charge in [0.25, 0.3) is 0 Å². The fourth-order valence-corrected chi connectivity index (χ4v) is 2.98. The zero-order valence-corrected chi connectivity index (χ0v) is 11.4. The van der Waals surface area contributed by atoms with E-state index < -0.39 is 0 Å². The second-order valence-electron chi connectivity index (χ2n) is 5.51. The second kappa shape index (κ2) is 5.63. The number of hydrogen-bond donors (Lipinski definition) is 2. The summed E-state index contributed by atoms with van der Waals surface area (Å²) in [6, 6.07) is 15.8. The standard InChI is InChI=1S/C17H19FN2/c18-17-10-14(19)6-7-16(17)13-9-15(20-11-13)8-12-4-2-1-3-5-12/h1-7,10,13,15,20H,8-9,11,19H2. The van der Waals surface area contributed by atoms with Gasteiger partial charge in [-0.2, -0.15) is 0 Å². The largest absolute Gasteiger partial charge is 0.399 e. The minimum absolute atomic E-state index is 0.183. The van der Waals surface area contributed by atoms with Crippen LogP contribution >= 0.6 is 0 Å². The van der Waals surface area contributed by atoms with Crippen LogP contribution in [-0.2, 0) is 6.42 Å². The number of nitrogens with one attached hydrogen (secondary N) is 1. The van der Waals surface area contributed by atoms with Crippen molar-refractivity contribution in [2.75, 3.05) is 12.3 Å². The molecule has 104 valence electrons. The van der Waals surface area contributed by atoms with Crippen LogP contribution in [0.25, 0.3) is 0 Å². The van der Waals surface area contributed by atoms with Crippen molar-refractivity contribution < 1.29 is 4.39 Å². The molecular weight excluding hydrogens is 251 g/mol. The van der Waals surface area contributed by atoms with Crippen molar-refractivity contribution in [3.8, 4) is 0 Å². The molecule has 2 aromatic carbocycles. The lowest BCUT2D eigenvalue weighted by molar-refractivity contribution is 0.575. The zero-order valence-electron chi connectivity index (χ0n) is 11.4. The van der Waals surface area contributed by atoms with Crippen molar-refractivity contribution in [3.63, 3.8) is 0 Å². The highest BCUT2D eigenvalue weighted by molar-refractivity contribution is 5.41. The molecule has 1 aliphatic heterocycles. The lowest BCUT2D eigenvalue weighted by atomic mass is 9.93. The van der Waals surface area contributed by atoms with Crippen molar-refractivity contribution in [2.45, 2.75) is 24.8 Å². The molecule has 3 rings (SSSR count). The highest BCUT2D eigenvalue weighted by Gasteiger charge is 2.27. The van der Waals surface area contributed by atoms with E-state index in [1.54, 1.807) is 6.07 Å². The van der Waals surface area contributed by atoms with Gasteiger partial charge in [0, 0.05) is 24.2 Å². The smallest absolute Gasteiger partial charge is 0.128 e. The molecule has 0 bridgehead atoms. The monoisotopic (exact) mass is 270 g/mol. The molecule has 2 aromatic rings. The maximum absolute atomic E-state index is 13.9. The lowest BCUT2D eigenvalue weighted by Gasteiger charge is -2.12. The average molecular weight is 270 g/mol. The Bertz CT molecular complexity index is 583. The van der Waals surface area contributed by atoms with Gasteiger partial charge in [0.15, 0.2) is 0 Å². The first-order valence-corrected chi connectivity index (χ1v) is 7.04. The summed E-state index contributed by atoms with van der Waals surface area (Å²) >= 11 is 0. The predicted octanol–water partition coefficient (Wildman–Crippen LogP) is 3.10. The van der Waals surface area contributed by atoms with Crippen LogP contribution in [0.1, 0.15) is 23.5 Å². The SMILES string of the molecule is Nc1ccc(C2CNC(Cc3ccccc3)C2)c(F)c1. The van der Waals surface area contributed by atoms with E-state index in [0.717, 1.165) is 24.9 Å². The van der Waals surface area contributed by atoms with Crippen molar-refractivity contribution >= 4 is 5.69 Å².